The molecule has 3 heterocycles. The Morgan fingerprint density at radius 3 is 2.42 bits per heavy atom. The maximum Gasteiger partial charge on any atom is 0.287 e. The van der Waals surface area contributed by atoms with Gasteiger partial charge in [-0.25, -0.2) is 15.0 Å². The average Bonchev–Trinajstić information content (AvgIpc) is 3.34. The Morgan fingerprint density at radius 2 is 1.77 bits per heavy atom. The smallest absolute Gasteiger partial charge is 0.287 e. The van der Waals surface area contributed by atoms with Crippen molar-refractivity contribution in [1.29, 1.82) is 0 Å². The van der Waals surface area contributed by atoms with Crippen LogP contribution in [0, 0.1) is 5.92 Å². The van der Waals surface area contributed by atoms with Crippen LogP contribution in [0.3, 0.4) is 0 Å². The summed E-state index contributed by atoms with van der Waals surface area (Å²) in [5, 5.41) is 3.08. The van der Waals surface area contributed by atoms with Gasteiger partial charge in [-0.05, 0) is 45.4 Å². The zero-order valence-electron chi connectivity index (χ0n) is 18.3. The van der Waals surface area contributed by atoms with Gasteiger partial charge >= 0.3 is 0 Å². The largest absolute Gasteiger partial charge is 0.382 e. The third-order valence-electron chi connectivity index (χ3n) is 6.36. The number of rotatable bonds is 4. The highest BCUT2D eigenvalue weighted by Gasteiger charge is 2.34. The van der Waals surface area contributed by atoms with Crippen molar-refractivity contribution in [1.82, 2.24) is 29.7 Å². The van der Waals surface area contributed by atoms with E-state index in [2.05, 4.69) is 20.3 Å². The monoisotopic (exact) mass is 427 g/mol. The number of likely N-dealkylation sites (tertiary alicyclic amines) is 1. The quantitative estimate of drug-likeness (QED) is 0.774. The summed E-state index contributed by atoms with van der Waals surface area (Å²) < 4.78 is 1.78. The number of nitrogens with two attached hydrogens (primary N) is 1. The van der Waals surface area contributed by atoms with Crippen LogP contribution in [-0.2, 0) is 11.3 Å². The Balaban J connectivity index is 0.000000192. The average molecular weight is 428 g/mol. The summed E-state index contributed by atoms with van der Waals surface area (Å²) >= 11 is 0. The molecule has 2 saturated carbocycles. The molecule has 0 atom stereocenters. The minimum absolute atomic E-state index is 0.152. The van der Waals surface area contributed by atoms with Crippen molar-refractivity contribution in [3.8, 4) is 0 Å². The van der Waals surface area contributed by atoms with Gasteiger partial charge in [0.15, 0.2) is 17.0 Å². The second kappa shape index (κ2) is 9.62. The van der Waals surface area contributed by atoms with Gasteiger partial charge in [0.25, 0.3) is 5.91 Å². The first-order valence-corrected chi connectivity index (χ1v) is 11.6. The number of nitrogen functional groups attached to an aromatic ring is 1. The molecule has 1 saturated heterocycles. The minimum Gasteiger partial charge on any atom is -0.382 e. The van der Waals surface area contributed by atoms with Crippen LogP contribution in [0.2, 0.25) is 0 Å². The van der Waals surface area contributed by atoms with Gasteiger partial charge in [-0.3, -0.25) is 9.59 Å². The van der Waals surface area contributed by atoms with Crippen molar-refractivity contribution in [2.24, 2.45) is 5.92 Å². The van der Waals surface area contributed by atoms with Crippen LogP contribution in [0.1, 0.15) is 75.3 Å². The van der Waals surface area contributed by atoms with E-state index in [1.807, 2.05) is 11.8 Å². The maximum atomic E-state index is 12.5. The van der Waals surface area contributed by atoms with Gasteiger partial charge in [0, 0.05) is 31.6 Å². The summed E-state index contributed by atoms with van der Waals surface area (Å²) in [6, 6.07) is 0.250. The van der Waals surface area contributed by atoms with Crippen molar-refractivity contribution in [2.75, 3.05) is 18.8 Å². The molecule has 2 aromatic rings. The van der Waals surface area contributed by atoms with E-state index in [1.54, 1.807) is 4.57 Å². The van der Waals surface area contributed by atoms with Gasteiger partial charge in [-0.1, -0.05) is 19.3 Å². The van der Waals surface area contributed by atoms with Gasteiger partial charge in [-0.15, -0.1) is 0 Å². The van der Waals surface area contributed by atoms with E-state index in [4.69, 9.17) is 5.73 Å². The van der Waals surface area contributed by atoms with Gasteiger partial charge in [0.1, 0.15) is 6.33 Å². The number of nitrogens with zero attached hydrogens (tertiary/aromatic N) is 5. The molecule has 9 heteroatoms. The maximum absolute atomic E-state index is 12.5. The number of aryl methyl sites for hydroxylation is 1. The number of hydrogen-bond acceptors (Lipinski definition) is 6. The molecular formula is C22H33N7O2. The molecule has 0 radical (unpaired) electrons. The first-order chi connectivity index (χ1) is 15.1. The third kappa shape index (κ3) is 4.97. The zero-order chi connectivity index (χ0) is 21.8. The minimum atomic E-state index is -0.152. The van der Waals surface area contributed by atoms with E-state index < -0.39 is 0 Å². The number of amides is 2. The van der Waals surface area contributed by atoms with Crippen LogP contribution >= 0.6 is 0 Å². The fourth-order valence-electron chi connectivity index (χ4n) is 4.45. The lowest BCUT2D eigenvalue weighted by Crippen LogP contribution is -2.37. The van der Waals surface area contributed by atoms with Crippen LogP contribution in [0.5, 0.6) is 0 Å². The molecule has 0 bridgehead atoms. The number of carbonyl (C=O) groups excluding carboxylic acids is 2. The summed E-state index contributed by atoms with van der Waals surface area (Å²) in [4.78, 5) is 38.3. The summed E-state index contributed by atoms with van der Waals surface area (Å²) in [7, 11) is 0. The number of anilines is 1. The lowest BCUT2D eigenvalue weighted by molar-refractivity contribution is -0.131. The molecule has 31 heavy (non-hydrogen) atoms. The number of imidazole rings is 1. The molecular weight excluding hydrogens is 394 g/mol. The van der Waals surface area contributed by atoms with E-state index in [1.165, 1.54) is 38.4 Å². The highest BCUT2D eigenvalue weighted by atomic mass is 16.2. The Bertz CT molecular complexity index is 925. The van der Waals surface area contributed by atoms with Crippen molar-refractivity contribution in [3.63, 3.8) is 0 Å². The standard InChI is InChI=1S/C14H20N6O.C8H13NO/c1-2-20-12-10(11(15)16-8-17-12)19-13(20)14(21)18-9-6-4-3-5-7-9;10-8(7-3-4-7)9-5-1-2-6-9/h8-9H,2-7H2,1H3,(H,18,21)(H2,15,16,17);7H,1-6H2. The van der Waals surface area contributed by atoms with Crippen LogP contribution in [0.25, 0.3) is 11.2 Å². The predicted molar refractivity (Wildman–Crippen MR) is 118 cm³/mol. The summed E-state index contributed by atoms with van der Waals surface area (Å²) in [5.74, 6) is 1.38. The SMILES string of the molecule is CCn1c(C(=O)NC2CCCCC2)nc2c(N)ncnc21.O=C(C1CC1)N1CCCC1. The third-order valence-corrected chi connectivity index (χ3v) is 6.36. The molecule has 0 spiro atoms. The van der Waals surface area contributed by atoms with Crippen molar-refractivity contribution in [3.05, 3.63) is 12.2 Å². The molecule has 3 aliphatic rings. The van der Waals surface area contributed by atoms with E-state index in [0.29, 0.717) is 41.2 Å². The molecule has 2 aliphatic carbocycles. The molecule has 9 nitrogen and oxygen atoms in total. The summed E-state index contributed by atoms with van der Waals surface area (Å²) in [6.45, 7) is 4.61. The van der Waals surface area contributed by atoms with Crippen LogP contribution in [0.4, 0.5) is 5.82 Å². The second-order valence-corrected chi connectivity index (χ2v) is 8.73. The van der Waals surface area contributed by atoms with E-state index in [-0.39, 0.29) is 11.9 Å². The molecule has 168 valence electrons. The first kappa shape index (κ1) is 21.5. The molecule has 3 fully saturated rings. The van der Waals surface area contributed by atoms with Gasteiger partial charge in [0.05, 0.1) is 0 Å². The zero-order valence-corrected chi connectivity index (χ0v) is 18.3. The van der Waals surface area contributed by atoms with E-state index >= 15 is 0 Å². The topological polar surface area (TPSA) is 119 Å². The first-order valence-electron chi connectivity index (χ1n) is 11.6. The van der Waals surface area contributed by atoms with Gasteiger partial charge in [-0.2, -0.15) is 0 Å². The van der Waals surface area contributed by atoms with Crippen molar-refractivity contribution < 1.29 is 9.59 Å². The second-order valence-electron chi connectivity index (χ2n) is 8.73. The van der Waals surface area contributed by atoms with Crippen LogP contribution in [-0.4, -0.2) is 55.4 Å². The molecule has 2 amide bonds. The normalized spacial score (nSPS) is 19.2. The van der Waals surface area contributed by atoms with Gasteiger partial charge in [0.2, 0.25) is 11.7 Å². The number of nitrogens with one attached hydrogen (secondary N) is 1. The fourth-order valence-corrected chi connectivity index (χ4v) is 4.45. The molecule has 0 unspecified atom stereocenters. The van der Waals surface area contributed by atoms with Crippen LogP contribution in [0.15, 0.2) is 6.33 Å². The summed E-state index contributed by atoms with van der Waals surface area (Å²) in [6.07, 6.45) is 11.8. The lowest BCUT2D eigenvalue weighted by atomic mass is 9.95. The molecule has 1 aliphatic heterocycles. The molecule has 5 rings (SSSR count). The highest BCUT2D eigenvalue weighted by Crippen LogP contribution is 2.32. The van der Waals surface area contributed by atoms with E-state index in [9.17, 15) is 9.59 Å². The lowest BCUT2D eigenvalue weighted by Gasteiger charge is -2.22. The van der Waals surface area contributed by atoms with Crippen molar-refractivity contribution >= 4 is 28.8 Å². The number of carbonyl (C=O) groups is 2. The summed E-state index contributed by atoms with van der Waals surface area (Å²) in [5.41, 5.74) is 6.92. The highest BCUT2D eigenvalue weighted by molar-refractivity contribution is 5.96. The Kier molecular flexibility index (Phi) is 6.67. The van der Waals surface area contributed by atoms with Crippen LogP contribution < -0.4 is 11.1 Å². The Morgan fingerprint density at radius 1 is 1.06 bits per heavy atom. The van der Waals surface area contributed by atoms with E-state index in [0.717, 1.165) is 38.8 Å². The predicted octanol–water partition coefficient (Wildman–Crippen LogP) is 2.51. The molecule has 2 aromatic heterocycles. The molecule has 0 aromatic carbocycles. The fraction of sp³-hybridized carbons (Fsp3) is 0.682. The van der Waals surface area contributed by atoms with Gasteiger partial charge < -0.3 is 20.5 Å². The molecule has 3 N–H and O–H groups in total. The number of hydrogen-bond donors (Lipinski definition) is 2. The Hall–Kier alpha value is -2.71. The number of aromatic nitrogens is 4. The Labute approximate surface area is 182 Å². The van der Waals surface area contributed by atoms with Crippen molar-refractivity contribution in [2.45, 2.75) is 77.3 Å². The number of fused-ring (bicyclic) bond motifs is 1.